The molecule has 0 heterocycles. The molecule has 0 amide bonds. The molecule has 0 aromatic heterocycles. The first kappa shape index (κ1) is 17.1. The van der Waals surface area contributed by atoms with E-state index in [0.29, 0.717) is 16.7 Å². The minimum absolute atomic E-state index is 0.00397. The maximum Gasteiger partial charge on any atom is 0.416 e. The standard InChI is InChI=1S/C16H21F3N2S/c1-11(2)15(9-3-4-10-15)21-14(22)20-13-7-5-12(6-8-13)16(17,18)19/h5-8,11H,3-4,9-10H2,1-2H3,(H2,20,21,22). The lowest BCUT2D eigenvalue weighted by Crippen LogP contribution is -2.51. The molecule has 1 aliphatic rings. The number of nitrogens with one attached hydrogen (secondary N) is 2. The van der Waals surface area contributed by atoms with E-state index in [2.05, 4.69) is 24.5 Å². The smallest absolute Gasteiger partial charge is 0.357 e. The average molecular weight is 330 g/mol. The highest BCUT2D eigenvalue weighted by molar-refractivity contribution is 7.80. The normalized spacial score (nSPS) is 17.5. The summed E-state index contributed by atoms with van der Waals surface area (Å²) in [4.78, 5) is 0. The molecule has 122 valence electrons. The zero-order valence-corrected chi connectivity index (χ0v) is 13.6. The molecule has 0 radical (unpaired) electrons. The zero-order chi connectivity index (χ0) is 16.4. The van der Waals surface area contributed by atoms with Gasteiger partial charge in [0.25, 0.3) is 0 Å². The van der Waals surface area contributed by atoms with Gasteiger partial charge in [-0.05, 0) is 55.2 Å². The van der Waals surface area contributed by atoms with Crippen LogP contribution in [0.3, 0.4) is 0 Å². The van der Waals surface area contributed by atoms with Crippen LogP contribution in [0.15, 0.2) is 24.3 Å². The Labute approximate surface area is 134 Å². The molecule has 0 spiro atoms. The summed E-state index contributed by atoms with van der Waals surface area (Å²) in [5, 5.41) is 6.83. The summed E-state index contributed by atoms with van der Waals surface area (Å²) < 4.78 is 37.6. The van der Waals surface area contributed by atoms with E-state index in [1.807, 2.05) is 0 Å². The van der Waals surface area contributed by atoms with Gasteiger partial charge in [0.1, 0.15) is 0 Å². The molecule has 1 fully saturated rings. The molecule has 0 saturated heterocycles. The molecule has 1 aromatic rings. The first-order valence-corrected chi connectivity index (χ1v) is 7.90. The fourth-order valence-corrected chi connectivity index (χ4v) is 3.30. The van der Waals surface area contributed by atoms with Gasteiger partial charge in [0.05, 0.1) is 5.56 Å². The van der Waals surface area contributed by atoms with E-state index in [0.717, 1.165) is 25.0 Å². The second kappa shape index (κ2) is 6.44. The van der Waals surface area contributed by atoms with Crippen molar-refractivity contribution in [1.82, 2.24) is 5.32 Å². The van der Waals surface area contributed by atoms with Crippen molar-refractivity contribution >= 4 is 23.0 Å². The molecule has 0 atom stereocenters. The summed E-state index contributed by atoms with van der Waals surface area (Å²) in [5.41, 5.74) is -0.107. The topological polar surface area (TPSA) is 24.1 Å². The molecule has 1 aliphatic carbocycles. The maximum atomic E-state index is 12.5. The van der Waals surface area contributed by atoms with Gasteiger partial charge in [0, 0.05) is 11.2 Å². The molecular weight excluding hydrogens is 309 g/mol. The van der Waals surface area contributed by atoms with E-state index < -0.39 is 11.7 Å². The Balaban J connectivity index is 2.00. The summed E-state index contributed by atoms with van der Waals surface area (Å²) in [7, 11) is 0. The summed E-state index contributed by atoms with van der Waals surface area (Å²) in [6.45, 7) is 4.33. The van der Waals surface area contributed by atoms with Crippen LogP contribution in [0, 0.1) is 5.92 Å². The van der Waals surface area contributed by atoms with Crippen molar-refractivity contribution in [3.63, 3.8) is 0 Å². The lowest BCUT2D eigenvalue weighted by molar-refractivity contribution is -0.137. The van der Waals surface area contributed by atoms with Crippen molar-refractivity contribution < 1.29 is 13.2 Å². The van der Waals surface area contributed by atoms with Gasteiger partial charge in [-0.2, -0.15) is 13.2 Å². The Morgan fingerprint density at radius 2 is 1.68 bits per heavy atom. The number of benzene rings is 1. The van der Waals surface area contributed by atoms with Crippen LogP contribution in [0.5, 0.6) is 0 Å². The van der Waals surface area contributed by atoms with Gasteiger partial charge in [0.15, 0.2) is 5.11 Å². The Hall–Kier alpha value is -1.30. The second-order valence-electron chi connectivity index (χ2n) is 6.17. The highest BCUT2D eigenvalue weighted by Crippen LogP contribution is 2.36. The third-order valence-corrected chi connectivity index (χ3v) is 4.64. The fourth-order valence-electron chi connectivity index (χ4n) is 2.98. The van der Waals surface area contributed by atoms with Crippen LogP contribution in [-0.2, 0) is 6.18 Å². The van der Waals surface area contributed by atoms with Crippen molar-refractivity contribution in [2.75, 3.05) is 5.32 Å². The molecule has 2 rings (SSSR count). The quantitative estimate of drug-likeness (QED) is 0.766. The van der Waals surface area contributed by atoms with Crippen molar-refractivity contribution in [3.8, 4) is 0 Å². The van der Waals surface area contributed by atoms with Gasteiger partial charge >= 0.3 is 6.18 Å². The van der Waals surface area contributed by atoms with E-state index in [1.165, 1.54) is 25.0 Å². The predicted octanol–water partition coefficient (Wildman–Crippen LogP) is 4.96. The van der Waals surface area contributed by atoms with E-state index in [9.17, 15) is 13.2 Å². The van der Waals surface area contributed by atoms with Crippen LogP contribution in [0.25, 0.3) is 0 Å². The predicted molar refractivity (Wildman–Crippen MR) is 86.8 cm³/mol. The van der Waals surface area contributed by atoms with Gasteiger partial charge in [-0.1, -0.05) is 26.7 Å². The molecule has 0 unspecified atom stereocenters. The number of hydrogen-bond acceptors (Lipinski definition) is 1. The number of rotatable bonds is 3. The largest absolute Gasteiger partial charge is 0.416 e. The van der Waals surface area contributed by atoms with E-state index in [4.69, 9.17) is 12.2 Å². The van der Waals surface area contributed by atoms with Crippen molar-refractivity contribution in [2.45, 2.75) is 51.2 Å². The Bertz CT molecular complexity index is 517. The molecule has 1 aromatic carbocycles. The third-order valence-electron chi connectivity index (χ3n) is 4.43. The summed E-state index contributed by atoms with van der Waals surface area (Å²) in [6.07, 6.45) is 0.171. The van der Waals surface area contributed by atoms with E-state index in [1.54, 1.807) is 0 Å². The second-order valence-corrected chi connectivity index (χ2v) is 6.58. The van der Waals surface area contributed by atoms with Crippen LogP contribution in [-0.4, -0.2) is 10.7 Å². The maximum absolute atomic E-state index is 12.5. The lowest BCUT2D eigenvalue weighted by atomic mass is 9.85. The van der Waals surface area contributed by atoms with Gasteiger partial charge in [-0.15, -0.1) is 0 Å². The lowest BCUT2D eigenvalue weighted by Gasteiger charge is -2.35. The summed E-state index contributed by atoms with van der Waals surface area (Å²) in [5.74, 6) is 0.447. The van der Waals surface area contributed by atoms with Crippen LogP contribution in [0.1, 0.15) is 45.1 Å². The fraction of sp³-hybridized carbons (Fsp3) is 0.562. The van der Waals surface area contributed by atoms with Gasteiger partial charge in [0.2, 0.25) is 0 Å². The minimum Gasteiger partial charge on any atom is -0.357 e. The van der Waals surface area contributed by atoms with Crippen LogP contribution in [0.2, 0.25) is 0 Å². The first-order valence-electron chi connectivity index (χ1n) is 7.49. The highest BCUT2D eigenvalue weighted by atomic mass is 32.1. The van der Waals surface area contributed by atoms with Crippen molar-refractivity contribution in [1.29, 1.82) is 0 Å². The zero-order valence-electron chi connectivity index (χ0n) is 12.8. The van der Waals surface area contributed by atoms with Crippen molar-refractivity contribution in [2.24, 2.45) is 5.92 Å². The van der Waals surface area contributed by atoms with Gasteiger partial charge < -0.3 is 10.6 Å². The molecule has 1 saturated carbocycles. The van der Waals surface area contributed by atoms with E-state index >= 15 is 0 Å². The van der Waals surface area contributed by atoms with Gasteiger partial charge in [-0.25, -0.2) is 0 Å². The van der Waals surface area contributed by atoms with Crippen LogP contribution >= 0.6 is 12.2 Å². The molecular formula is C16H21F3N2S. The Morgan fingerprint density at radius 3 is 2.14 bits per heavy atom. The minimum atomic E-state index is -4.32. The number of alkyl halides is 3. The number of thiocarbonyl (C=S) groups is 1. The van der Waals surface area contributed by atoms with Crippen LogP contribution < -0.4 is 10.6 Å². The molecule has 2 nitrogen and oxygen atoms in total. The Morgan fingerprint density at radius 1 is 1.14 bits per heavy atom. The number of hydrogen-bond donors (Lipinski definition) is 2. The molecule has 6 heteroatoms. The van der Waals surface area contributed by atoms with Crippen molar-refractivity contribution in [3.05, 3.63) is 29.8 Å². The monoisotopic (exact) mass is 330 g/mol. The van der Waals surface area contributed by atoms with E-state index in [-0.39, 0.29) is 5.54 Å². The Kier molecular flexibility index (Phi) is 5.00. The highest BCUT2D eigenvalue weighted by Gasteiger charge is 2.37. The summed E-state index contributed by atoms with van der Waals surface area (Å²) in [6, 6.07) is 4.90. The molecule has 22 heavy (non-hydrogen) atoms. The molecule has 0 aliphatic heterocycles. The number of anilines is 1. The average Bonchev–Trinajstić information content (AvgIpc) is 2.88. The molecule has 2 N–H and O–H groups in total. The number of halogens is 3. The molecule has 0 bridgehead atoms. The summed E-state index contributed by atoms with van der Waals surface area (Å²) >= 11 is 5.33. The van der Waals surface area contributed by atoms with Gasteiger partial charge in [-0.3, -0.25) is 0 Å². The van der Waals surface area contributed by atoms with Crippen LogP contribution in [0.4, 0.5) is 18.9 Å². The third kappa shape index (κ3) is 3.91. The SMILES string of the molecule is CC(C)C1(NC(=S)Nc2ccc(C(F)(F)F)cc2)CCCC1. The first-order chi connectivity index (χ1) is 10.2.